The Morgan fingerprint density at radius 1 is 0.545 bits per heavy atom. The summed E-state index contributed by atoms with van der Waals surface area (Å²) in [5.74, 6) is 0. The molecule has 112 valence electrons. The molecule has 0 aromatic heterocycles. The van der Waals surface area contributed by atoms with Crippen molar-refractivity contribution in [3.63, 3.8) is 0 Å². The van der Waals surface area contributed by atoms with Gasteiger partial charge in [-0.1, -0.05) is 0 Å². The van der Waals surface area contributed by atoms with Gasteiger partial charge in [0.25, 0.3) is 0 Å². The SMILES string of the molecule is BrP(Br)(Cc1ccccc1)(c1ccccc1)c1ccccc1. The van der Waals surface area contributed by atoms with Gasteiger partial charge in [0.15, 0.2) is 0 Å². The molecule has 0 amide bonds. The molecule has 0 N–H and O–H groups in total. The van der Waals surface area contributed by atoms with Crippen molar-refractivity contribution in [2.45, 2.75) is 6.16 Å². The average Bonchev–Trinajstić information content (AvgIpc) is 2.57. The quantitative estimate of drug-likeness (QED) is 0.440. The van der Waals surface area contributed by atoms with E-state index < -0.39 is 4.01 Å². The van der Waals surface area contributed by atoms with E-state index in [2.05, 4.69) is 122 Å². The Balaban J connectivity index is 2.19. The van der Waals surface area contributed by atoms with Gasteiger partial charge in [-0.2, -0.15) is 0 Å². The first-order chi connectivity index (χ1) is 10.6. The normalized spacial score (nSPS) is 13.3. The first kappa shape index (κ1) is 15.9. The van der Waals surface area contributed by atoms with Crippen molar-refractivity contribution in [3.05, 3.63) is 96.6 Å². The number of benzene rings is 3. The van der Waals surface area contributed by atoms with Crippen molar-refractivity contribution >= 4 is 45.6 Å². The average molecular weight is 436 g/mol. The Hall–Kier alpha value is -0.950. The van der Waals surface area contributed by atoms with Crippen LogP contribution in [0.4, 0.5) is 0 Å². The maximum atomic E-state index is 4.19. The number of rotatable bonds is 4. The van der Waals surface area contributed by atoms with E-state index in [0.717, 1.165) is 6.16 Å². The number of hydrogen-bond acceptors (Lipinski definition) is 0. The fourth-order valence-electron chi connectivity index (χ4n) is 2.68. The van der Waals surface area contributed by atoms with Crippen LogP contribution < -0.4 is 10.6 Å². The van der Waals surface area contributed by atoms with Crippen molar-refractivity contribution in [2.24, 2.45) is 0 Å². The van der Waals surface area contributed by atoms with Crippen LogP contribution in [0.1, 0.15) is 5.56 Å². The minimum atomic E-state index is -2.61. The zero-order chi connectivity index (χ0) is 15.5. The summed E-state index contributed by atoms with van der Waals surface area (Å²) in [6.45, 7) is 0. The van der Waals surface area contributed by atoms with E-state index in [9.17, 15) is 0 Å². The Morgan fingerprint density at radius 2 is 0.909 bits per heavy atom. The van der Waals surface area contributed by atoms with Crippen LogP contribution in [0.2, 0.25) is 0 Å². The van der Waals surface area contributed by atoms with Crippen LogP contribution in [0.25, 0.3) is 0 Å². The molecule has 0 saturated heterocycles. The Bertz CT molecular complexity index is 697. The standard InChI is InChI=1S/C19H17Br2P/c20-22(21,18-12-6-2-7-13-18,19-14-8-3-9-15-19)16-17-10-4-1-5-11-17/h1-15H,16H2. The predicted octanol–water partition coefficient (Wildman–Crippen LogP) is 6.01. The second-order valence-corrected chi connectivity index (χ2v) is 21.1. The van der Waals surface area contributed by atoms with Crippen LogP contribution in [0, 0.1) is 0 Å². The van der Waals surface area contributed by atoms with Crippen molar-refractivity contribution in [2.75, 3.05) is 0 Å². The first-order valence-corrected chi connectivity index (χ1v) is 13.6. The van der Waals surface area contributed by atoms with Gasteiger partial charge in [-0.05, 0) is 0 Å². The van der Waals surface area contributed by atoms with E-state index in [1.54, 1.807) is 0 Å². The van der Waals surface area contributed by atoms with Gasteiger partial charge in [0.05, 0.1) is 0 Å². The molecule has 0 radical (unpaired) electrons. The Labute approximate surface area is 148 Å². The summed E-state index contributed by atoms with van der Waals surface area (Å²) in [6, 6.07) is 32.0. The van der Waals surface area contributed by atoms with E-state index in [4.69, 9.17) is 0 Å². The van der Waals surface area contributed by atoms with Gasteiger partial charge >= 0.3 is 148 Å². The van der Waals surface area contributed by atoms with Crippen molar-refractivity contribution < 1.29 is 0 Å². The molecule has 0 fully saturated rings. The second kappa shape index (κ2) is 6.28. The van der Waals surface area contributed by atoms with E-state index >= 15 is 0 Å². The Morgan fingerprint density at radius 3 is 1.32 bits per heavy atom. The molecule has 3 heteroatoms. The van der Waals surface area contributed by atoms with E-state index in [1.807, 2.05) is 0 Å². The molecular weight excluding hydrogens is 419 g/mol. The summed E-state index contributed by atoms with van der Waals surface area (Å²) in [5.41, 5.74) is 1.32. The summed E-state index contributed by atoms with van der Waals surface area (Å²) in [4.78, 5) is 0. The van der Waals surface area contributed by atoms with Crippen LogP contribution in [0.15, 0.2) is 91.0 Å². The molecule has 0 atom stereocenters. The molecule has 0 nitrogen and oxygen atoms in total. The topological polar surface area (TPSA) is 0 Å². The molecule has 0 aliphatic rings. The molecule has 0 aliphatic heterocycles. The van der Waals surface area contributed by atoms with Crippen molar-refractivity contribution in [1.82, 2.24) is 0 Å². The molecule has 0 bridgehead atoms. The van der Waals surface area contributed by atoms with E-state index in [0.29, 0.717) is 0 Å². The molecule has 0 heterocycles. The van der Waals surface area contributed by atoms with Crippen LogP contribution in [0.3, 0.4) is 0 Å². The molecule has 3 aromatic rings. The zero-order valence-electron chi connectivity index (χ0n) is 12.1. The summed E-state index contributed by atoms with van der Waals surface area (Å²) in [5, 5.41) is 2.62. The monoisotopic (exact) mass is 434 g/mol. The van der Waals surface area contributed by atoms with Crippen LogP contribution in [-0.2, 0) is 6.16 Å². The van der Waals surface area contributed by atoms with Gasteiger partial charge in [-0.25, -0.2) is 0 Å². The van der Waals surface area contributed by atoms with E-state index in [-0.39, 0.29) is 0 Å². The summed E-state index contributed by atoms with van der Waals surface area (Å²) in [7, 11) is 0. The summed E-state index contributed by atoms with van der Waals surface area (Å²) < 4.78 is -2.61. The third-order valence-electron chi connectivity index (χ3n) is 3.83. The predicted molar refractivity (Wildman–Crippen MR) is 107 cm³/mol. The third-order valence-corrected chi connectivity index (χ3v) is 13.8. The van der Waals surface area contributed by atoms with E-state index in [1.165, 1.54) is 16.2 Å². The molecular formula is C19H17Br2P. The summed E-state index contributed by atoms with van der Waals surface area (Å²) in [6.07, 6.45) is 0.931. The maximum absolute atomic E-state index is 4.19. The van der Waals surface area contributed by atoms with Gasteiger partial charge in [0.1, 0.15) is 0 Å². The van der Waals surface area contributed by atoms with Gasteiger partial charge in [-0.15, -0.1) is 0 Å². The van der Waals surface area contributed by atoms with Crippen molar-refractivity contribution in [1.29, 1.82) is 0 Å². The molecule has 3 aromatic carbocycles. The zero-order valence-corrected chi connectivity index (χ0v) is 16.1. The van der Waals surface area contributed by atoms with Gasteiger partial charge in [-0.3, -0.25) is 0 Å². The minimum absolute atomic E-state index is 0.931. The van der Waals surface area contributed by atoms with Gasteiger partial charge in [0.2, 0.25) is 0 Å². The van der Waals surface area contributed by atoms with Crippen LogP contribution >= 0.6 is 35.0 Å². The molecule has 0 aliphatic carbocycles. The summed E-state index contributed by atoms with van der Waals surface area (Å²) >= 11 is 8.38. The molecule has 3 rings (SSSR count). The van der Waals surface area contributed by atoms with Crippen LogP contribution in [0.5, 0.6) is 0 Å². The van der Waals surface area contributed by atoms with Gasteiger partial charge < -0.3 is 0 Å². The van der Waals surface area contributed by atoms with Crippen LogP contribution in [-0.4, -0.2) is 0 Å². The fourth-order valence-corrected chi connectivity index (χ4v) is 10.3. The van der Waals surface area contributed by atoms with Crippen molar-refractivity contribution in [3.8, 4) is 0 Å². The molecule has 0 spiro atoms. The Kier molecular flexibility index (Phi) is 4.54. The molecule has 0 unspecified atom stereocenters. The third kappa shape index (κ3) is 3.06. The number of halogens is 2. The molecule has 22 heavy (non-hydrogen) atoms. The van der Waals surface area contributed by atoms with Gasteiger partial charge in [0, 0.05) is 0 Å². The molecule has 0 saturated carbocycles. The first-order valence-electron chi connectivity index (χ1n) is 7.19. The number of hydrogen-bond donors (Lipinski definition) is 0. The fraction of sp³-hybridized carbons (Fsp3) is 0.0526. The second-order valence-electron chi connectivity index (χ2n) is 5.38.